The number of nitrogens with one attached hydrogen (secondary N) is 1. The Hall–Kier alpha value is 0.0969. The van der Waals surface area contributed by atoms with Crippen LogP contribution in [0, 0.1) is 0 Å². The molecule has 0 rings (SSSR count). The van der Waals surface area contributed by atoms with Crippen LogP contribution in [0.15, 0.2) is 0 Å². The molecule has 0 heterocycles. The first-order valence-corrected chi connectivity index (χ1v) is 6.70. The summed E-state index contributed by atoms with van der Waals surface area (Å²) < 4.78 is 0. The van der Waals surface area contributed by atoms with Crippen LogP contribution in [0.3, 0.4) is 0 Å². The Labute approximate surface area is 69.7 Å². The van der Waals surface area contributed by atoms with E-state index in [1.54, 1.807) is 6.55 Å². The van der Waals surface area contributed by atoms with Crippen LogP contribution in [-0.2, 0) is 0 Å². The first-order valence-electron chi connectivity index (χ1n) is 4.10. The van der Waals surface area contributed by atoms with E-state index in [2.05, 4.69) is 19.2 Å². The fourth-order valence-electron chi connectivity index (χ4n) is 0.814. The molecule has 0 atom stereocenters. The second kappa shape index (κ2) is 4.87. The molecule has 0 aromatic heterocycles. The van der Waals surface area contributed by atoms with Crippen LogP contribution in [0.2, 0.25) is 12.6 Å². The van der Waals surface area contributed by atoms with Crippen LogP contribution in [0.4, 0.5) is 0 Å². The Kier molecular flexibility index (Phi) is 4.91. The highest BCUT2D eigenvalue weighted by atomic mass is 28.4. The Balaban J connectivity index is 3.15. The van der Waals surface area contributed by atoms with E-state index in [0.29, 0.717) is 12.1 Å². The molecule has 0 spiro atoms. The third kappa shape index (κ3) is 10.1. The summed E-state index contributed by atoms with van der Waals surface area (Å²) in [5, 5.41) is 3.22. The van der Waals surface area contributed by atoms with Gasteiger partial charge in [-0.15, -0.1) is 0 Å². The molecule has 0 bridgehead atoms. The summed E-state index contributed by atoms with van der Waals surface area (Å²) in [6, 6.07) is 1.05. The van der Waals surface area contributed by atoms with Crippen molar-refractivity contribution in [2.24, 2.45) is 0 Å². The van der Waals surface area contributed by atoms with Crippen molar-refractivity contribution < 1.29 is 9.59 Å². The third-order valence-electron chi connectivity index (χ3n) is 1.38. The smallest absolute Gasteiger partial charge is 0.329 e. The van der Waals surface area contributed by atoms with E-state index >= 15 is 0 Å². The highest BCUT2D eigenvalue weighted by Gasteiger charge is 2.19. The van der Waals surface area contributed by atoms with Gasteiger partial charge in [-0.3, -0.25) is 0 Å². The van der Waals surface area contributed by atoms with Crippen molar-refractivity contribution in [3.8, 4) is 0 Å². The maximum absolute atomic E-state index is 9.05. The molecule has 0 aliphatic carbocycles. The second-order valence-electron chi connectivity index (χ2n) is 3.43. The quantitative estimate of drug-likeness (QED) is 0.422. The lowest BCUT2D eigenvalue weighted by Gasteiger charge is -2.12. The average molecular weight is 177 g/mol. The third-order valence-corrected chi connectivity index (χ3v) is 2.68. The molecule has 0 radical (unpaired) electrons. The highest BCUT2D eigenvalue weighted by Crippen LogP contribution is 2.02. The van der Waals surface area contributed by atoms with Crippen LogP contribution in [0.25, 0.3) is 0 Å². The molecular weight excluding hydrogens is 158 g/mol. The van der Waals surface area contributed by atoms with Crippen molar-refractivity contribution >= 4 is 8.56 Å². The standard InChI is InChI=1S/C7H19NO2Si/c1-7(2)8-5-4-6-11(3,9)10/h7-10H,4-6H2,1-3H3. The Bertz CT molecular complexity index is 101. The fourth-order valence-corrected chi connectivity index (χ4v) is 1.66. The number of hydrogen-bond acceptors (Lipinski definition) is 3. The number of rotatable bonds is 5. The van der Waals surface area contributed by atoms with Crippen molar-refractivity contribution in [3.05, 3.63) is 0 Å². The van der Waals surface area contributed by atoms with Crippen LogP contribution >= 0.6 is 0 Å². The van der Waals surface area contributed by atoms with Gasteiger partial charge in [-0.1, -0.05) is 13.8 Å². The van der Waals surface area contributed by atoms with E-state index in [0.717, 1.165) is 13.0 Å². The topological polar surface area (TPSA) is 52.5 Å². The van der Waals surface area contributed by atoms with E-state index in [9.17, 15) is 0 Å². The first kappa shape index (κ1) is 11.1. The summed E-state index contributed by atoms with van der Waals surface area (Å²) in [6.45, 7) is 6.58. The van der Waals surface area contributed by atoms with Gasteiger partial charge in [-0.2, -0.15) is 0 Å². The first-order chi connectivity index (χ1) is 4.92. The van der Waals surface area contributed by atoms with Crippen LogP contribution in [-0.4, -0.2) is 30.7 Å². The van der Waals surface area contributed by atoms with Gasteiger partial charge < -0.3 is 14.9 Å². The molecule has 0 aromatic rings. The van der Waals surface area contributed by atoms with Crippen molar-refractivity contribution in [1.29, 1.82) is 0 Å². The highest BCUT2D eigenvalue weighted by molar-refractivity contribution is 6.63. The minimum absolute atomic E-state index is 0.486. The summed E-state index contributed by atoms with van der Waals surface area (Å²) in [4.78, 5) is 18.1. The summed E-state index contributed by atoms with van der Waals surface area (Å²) in [7, 11) is -2.77. The fraction of sp³-hybridized carbons (Fsp3) is 1.00. The minimum Gasteiger partial charge on any atom is -0.411 e. The van der Waals surface area contributed by atoms with E-state index in [4.69, 9.17) is 9.59 Å². The van der Waals surface area contributed by atoms with Gasteiger partial charge in [0.15, 0.2) is 0 Å². The second-order valence-corrected chi connectivity index (χ2v) is 6.36. The minimum atomic E-state index is -2.77. The lowest BCUT2D eigenvalue weighted by molar-refractivity contribution is 0.366. The van der Waals surface area contributed by atoms with Crippen LogP contribution in [0.1, 0.15) is 20.3 Å². The van der Waals surface area contributed by atoms with Crippen molar-refractivity contribution in [2.75, 3.05) is 6.54 Å². The van der Waals surface area contributed by atoms with E-state index in [-0.39, 0.29) is 0 Å². The maximum Gasteiger partial charge on any atom is 0.329 e. The predicted octanol–water partition coefficient (Wildman–Crippen LogP) is 0.431. The SMILES string of the molecule is CC(C)NCCC[Si](C)(O)O. The van der Waals surface area contributed by atoms with Gasteiger partial charge in [0.25, 0.3) is 0 Å². The molecule has 11 heavy (non-hydrogen) atoms. The van der Waals surface area contributed by atoms with Crippen molar-refractivity contribution in [1.82, 2.24) is 5.32 Å². The molecule has 0 fully saturated rings. The lowest BCUT2D eigenvalue weighted by atomic mass is 10.4. The van der Waals surface area contributed by atoms with E-state index in [1.807, 2.05) is 0 Å². The Morgan fingerprint density at radius 1 is 1.36 bits per heavy atom. The van der Waals surface area contributed by atoms with Gasteiger partial charge in [0.05, 0.1) is 0 Å². The molecule has 3 nitrogen and oxygen atoms in total. The molecule has 0 amide bonds. The van der Waals surface area contributed by atoms with Gasteiger partial charge >= 0.3 is 8.56 Å². The molecule has 3 N–H and O–H groups in total. The zero-order chi connectivity index (χ0) is 8.91. The van der Waals surface area contributed by atoms with Crippen LogP contribution < -0.4 is 5.32 Å². The average Bonchev–Trinajstić information content (AvgIpc) is 1.78. The van der Waals surface area contributed by atoms with Gasteiger partial charge in [0.2, 0.25) is 0 Å². The summed E-state index contributed by atoms with van der Waals surface area (Å²) in [6.07, 6.45) is 0.855. The van der Waals surface area contributed by atoms with Crippen LogP contribution in [0.5, 0.6) is 0 Å². The molecule has 0 saturated heterocycles. The molecule has 0 aliphatic rings. The van der Waals surface area contributed by atoms with Gasteiger partial charge in [-0.25, -0.2) is 0 Å². The molecule has 0 aromatic carbocycles. The summed E-state index contributed by atoms with van der Waals surface area (Å²) in [5.41, 5.74) is 0. The Morgan fingerprint density at radius 2 is 1.91 bits per heavy atom. The molecular formula is C7H19NO2Si. The molecule has 0 saturated carbocycles. The molecule has 0 aliphatic heterocycles. The predicted molar refractivity (Wildman–Crippen MR) is 48.6 cm³/mol. The largest absolute Gasteiger partial charge is 0.411 e. The van der Waals surface area contributed by atoms with E-state index < -0.39 is 8.56 Å². The van der Waals surface area contributed by atoms with Crippen molar-refractivity contribution in [3.63, 3.8) is 0 Å². The van der Waals surface area contributed by atoms with Gasteiger partial charge in [0.1, 0.15) is 0 Å². The van der Waals surface area contributed by atoms with Crippen molar-refractivity contribution in [2.45, 2.75) is 38.9 Å². The zero-order valence-corrected chi connectivity index (χ0v) is 8.59. The summed E-state index contributed by atoms with van der Waals surface area (Å²) in [5.74, 6) is 0. The monoisotopic (exact) mass is 177 g/mol. The maximum atomic E-state index is 9.05. The van der Waals surface area contributed by atoms with Gasteiger partial charge in [-0.05, 0) is 25.6 Å². The lowest BCUT2D eigenvalue weighted by Crippen LogP contribution is -2.32. The van der Waals surface area contributed by atoms with E-state index in [1.165, 1.54) is 0 Å². The molecule has 0 unspecified atom stereocenters. The Morgan fingerprint density at radius 3 is 2.27 bits per heavy atom. The molecule has 4 heteroatoms. The zero-order valence-electron chi connectivity index (χ0n) is 7.59. The van der Waals surface area contributed by atoms with Gasteiger partial charge in [0, 0.05) is 6.04 Å². The number of hydrogen-bond donors (Lipinski definition) is 3. The normalized spacial score (nSPS) is 12.5. The molecule has 68 valence electrons. The summed E-state index contributed by atoms with van der Waals surface area (Å²) >= 11 is 0.